The molecular weight excluding hydrogens is 341 g/mol. The molecule has 0 heterocycles. The van der Waals surface area contributed by atoms with Gasteiger partial charge in [0.25, 0.3) is 0 Å². The van der Waals surface area contributed by atoms with E-state index in [9.17, 15) is 30.7 Å². The molecule has 0 N–H and O–H groups in total. The molecule has 0 aromatic heterocycles. The van der Waals surface area contributed by atoms with Gasteiger partial charge in [-0.25, -0.2) is 4.39 Å². The van der Waals surface area contributed by atoms with Crippen LogP contribution in [0.5, 0.6) is 0 Å². The van der Waals surface area contributed by atoms with Crippen LogP contribution in [0.3, 0.4) is 0 Å². The van der Waals surface area contributed by atoms with E-state index >= 15 is 0 Å². The van der Waals surface area contributed by atoms with Crippen molar-refractivity contribution >= 4 is 23.6 Å². The Morgan fingerprint density at radius 2 is 1.70 bits per heavy atom. The Labute approximate surface area is 117 Å². The zero-order chi connectivity index (χ0) is 15.6. The number of alkyl halides is 6. The van der Waals surface area contributed by atoms with Gasteiger partial charge < -0.3 is 0 Å². The van der Waals surface area contributed by atoms with Crippen molar-refractivity contribution in [2.75, 3.05) is 0 Å². The lowest BCUT2D eigenvalue weighted by molar-refractivity contribution is -0.369. The molecule has 1 aromatic rings. The SMILES string of the molecule is Fc1ccc(C(OSC(F)(F)F)OC(F)(F)F)cc1Cl. The van der Waals surface area contributed by atoms with Gasteiger partial charge in [-0.05, 0) is 12.1 Å². The summed E-state index contributed by atoms with van der Waals surface area (Å²) in [6.45, 7) is 0. The summed E-state index contributed by atoms with van der Waals surface area (Å²) >= 11 is 4.15. The highest BCUT2D eigenvalue weighted by Gasteiger charge is 2.38. The molecule has 0 aliphatic rings. The van der Waals surface area contributed by atoms with Gasteiger partial charge in [-0.1, -0.05) is 17.7 Å². The van der Waals surface area contributed by atoms with E-state index in [1.165, 1.54) is 0 Å². The highest BCUT2D eigenvalue weighted by Crippen LogP contribution is 2.39. The van der Waals surface area contributed by atoms with Crippen LogP contribution in [0.25, 0.3) is 0 Å². The third-order valence-electron chi connectivity index (χ3n) is 1.69. The maximum Gasteiger partial charge on any atom is 0.525 e. The molecule has 0 radical (unpaired) electrons. The van der Waals surface area contributed by atoms with Crippen molar-refractivity contribution in [2.24, 2.45) is 0 Å². The van der Waals surface area contributed by atoms with Crippen LogP contribution in [0.4, 0.5) is 30.7 Å². The van der Waals surface area contributed by atoms with Gasteiger partial charge in [0.15, 0.2) is 0 Å². The van der Waals surface area contributed by atoms with Crippen LogP contribution in [0.2, 0.25) is 5.02 Å². The molecule has 0 aliphatic carbocycles. The number of hydrogen-bond donors (Lipinski definition) is 0. The minimum Gasteiger partial charge on any atom is -0.271 e. The van der Waals surface area contributed by atoms with Gasteiger partial charge in [-0.3, -0.25) is 8.92 Å². The first kappa shape index (κ1) is 17.3. The van der Waals surface area contributed by atoms with Crippen LogP contribution in [-0.4, -0.2) is 11.9 Å². The summed E-state index contributed by atoms with van der Waals surface area (Å²) < 4.78 is 92.2. The summed E-state index contributed by atoms with van der Waals surface area (Å²) in [4.78, 5) is 0. The maximum atomic E-state index is 12.9. The largest absolute Gasteiger partial charge is 0.525 e. The first-order valence-electron chi connectivity index (χ1n) is 4.58. The molecule has 114 valence electrons. The van der Waals surface area contributed by atoms with Gasteiger partial charge in [0.2, 0.25) is 6.29 Å². The normalized spacial score (nSPS) is 14.4. The Morgan fingerprint density at radius 1 is 1.10 bits per heavy atom. The summed E-state index contributed by atoms with van der Waals surface area (Å²) in [5.74, 6) is -0.954. The van der Waals surface area contributed by atoms with E-state index in [1.54, 1.807) is 0 Å². The van der Waals surface area contributed by atoms with Gasteiger partial charge in [-0.2, -0.15) is 13.2 Å². The highest BCUT2D eigenvalue weighted by molar-refractivity contribution is 7.95. The Hall–Kier alpha value is -0.710. The number of rotatable bonds is 4. The van der Waals surface area contributed by atoms with E-state index < -0.39 is 46.6 Å². The molecule has 20 heavy (non-hydrogen) atoms. The molecule has 0 spiro atoms. The molecule has 0 aliphatic heterocycles. The molecule has 0 amide bonds. The molecular formula is C9H4ClF7O2S. The third-order valence-corrected chi connectivity index (χ3v) is 2.44. The summed E-state index contributed by atoms with van der Waals surface area (Å²) in [6.07, 6.45) is -7.70. The Kier molecular flexibility index (Phi) is 5.53. The molecule has 11 heteroatoms. The van der Waals surface area contributed by atoms with Crippen molar-refractivity contribution < 1.29 is 39.7 Å². The molecule has 1 aromatic carbocycles. The zero-order valence-electron chi connectivity index (χ0n) is 9.06. The van der Waals surface area contributed by atoms with Crippen LogP contribution in [0.1, 0.15) is 11.9 Å². The Balaban J connectivity index is 2.94. The summed E-state index contributed by atoms with van der Waals surface area (Å²) in [7, 11) is 0. The molecule has 0 saturated carbocycles. The Bertz CT molecular complexity index is 463. The summed E-state index contributed by atoms with van der Waals surface area (Å²) in [6, 6.07) is 2.10. The van der Waals surface area contributed by atoms with E-state index in [0.717, 1.165) is 6.07 Å². The fraction of sp³-hybridized carbons (Fsp3) is 0.333. The van der Waals surface area contributed by atoms with E-state index in [2.05, 4.69) is 8.92 Å². The van der Waals surface area contributed by atoms with E-state index in [1.807, 2.05) is 0 Å². The lowest BCUT2D eigenvalue weighted by Crippen LogP contribution is -2.20. The lowest BCUT2D eigenvalue weighted by atomic mass is 10.2. The second-order valence-corrected chi connectivity index (χ2v) is 4.42. The molecule has 1 atom stereocenters. The molecule has 0 saturated heterocycles. The smallest absolute Gasteiger partial charge is 0.271 e. The monoisotopic (exact) mass is 344 g/mol. The predicted octanol–water partition coefficient (Wildman–Crippen LogP) is 5.20. The molecule has 1 rings (SSSR count). The molecule has 0 fully saturated rings. The van der Waals surface area contributed by atoms with Gasteiger partial charge >= 0.3 is 11.9 Å². The van der Waals surface area contributed by atoms with Crippen molar-refractivity contribution in [1.82, 2.24) is 0 Å². The third kappa shape index (κ3) is 6.16. The first-order valence-corrected chi connectivity index (χ1v) is 5.70. The van der Waals surface area contributed by atoms with Crippen molar-refractivity contribution in [2.45, 2.75) is 18.2 Å². The first-order chi connectivity index (χ1) is 8.98. The minimum absolute atomic E-state index is 0.523. The van der Waals surface area contributed by atoms with Gasteiger partial charge in [0.05, 0.1) is 5.02 Å². The minimum atomic E-state index is -5.25. The number of halogens is 8. The summed E-state index contributed by atoms with van der Waals surface area (Å²) in [5.41, 5.74) is -5.46. The van der Waals surface area contributed by atoms with Crippen molar-refractivity contribution in [3.63, 3.8) is 0 Å². The predicted molar refractivity (Wildman–Crippen MR) is 56.0 cm³/mol. The van der Waals surface area contributed by atoms with E-state index in [4.69, 9.17) is 11.6 Å². The summed E-state index contributed by atoms with van der Waals surface area (Å²) in [5, 5.41) is -0.584. The van der Waals surface area contributed by atoms with Gasteiger partial charge in [-0.15, -0.1) is 13.2 Å². The van der Waals surface area contributed by atoms with Crippen LogP contribution in [-0.2, 0) is 8.92 Å². The van der Waals surface area contributed by atoms with Crippen LogP contribution < -0.4 is 0 Å². The van der Waals surface area contributed by atoms with Crippen LogP contribution in [0.15, 0.2) is 18.2 Å². The topological polar surface area (TPSA) is 18.5 Å². The molecule has 1 unspecified atom stereocenters. The second-order valence-electron chi connectivity index (χ2n) is 3.19. The average Bonchev–Trinajstić information content (AvgIpc) is 2.25. The van der Waals surface area contributed by atoms with Gasteiger partial charge in [0, 0.05) is 5.56 Å². The zero-order valence-corrected chi connectivity index (χ0v) is 10.6. The van der Waals surface area contributed by atoms with E-state index in [-0.39, 0.29) is 0 Å². The number of ether oxygens (including phenoxy) is 1. The quantitative estimate of drug-likeness (QED) is 0.425. The number of hydrogen-bond acceptors (Lipinski definition) is 3. The highest BCUT2D eigenvalue weighted by atomic mass is 35.5. The lowest BCUT2D eigenvalue weighted by Gasteiger charge is -2.19. The van der Waals surface area contributed by atoms with Gasteiger partial charge in [0.1, 0.15) is 17.9 Å². The average molecular weight is 345 g/mol. The van der Waals surface area contributed by atoms with Crippen LogP contribution in [0, 0.1) is 5.82 Å². The van der Waals surface area contributed by atoms with Crippen LogP contribution >= 0.6 is 23.6 Å². The van der Waals surface area contributed by atoms with Crippen molar-refractivity contribution in [1.29, 1.82) is 0 Å². The number of benzene rings is 1. The fourth-order valence-corrected chi connectivity index (χ4v) is 1.56. The van der Waals surface area contributed by atoms with E-state index in [0.29, 0.717) is 12.1 Å². The molecule has 0 bridgehead atoms. The standard InChI is InChI=1S/C9H4ClF7O2S/c10-5-3-4(1-2-6(5)11)7(18-8(12,13)14)19-20-9(15,16)17/h1-3,7H. The molecule has 2 nitrogen and oxygen atoms in total. The fourth-order valence-electron chi connectivity index (χ4n) is 1.02. The van der Waals surface area contributed by atoms with Crippen molar-refractivity contribution in [3.8, 4) is 0 Å². The Morgan fingerprint density at radius 3 is 2.15 bits per heavy atom. The van der Waals surface area contributed by atoms with Crippen molar-refractivity contribution in [3.05, 3.63) is 34.6 Å². The maximum absolute atomic E-state index is 12.9. The second kappa shape index (κ2) is 6.37.